The lowest BCUT2D eigenvalue weighted by atomic mass is 9.99. The molecule has 0 saturated heterocycles. The van der Waals surface area contributed by atoms with E-state index in [9.17, 15) is 9.59 Å². The summed E-state index contributed by atoms with van der Waals surface area (Å²) in [7, 11) is 5.10. The Morgan fingerprint density at radius 3 is 2.47 bits per heavy atom. The molecule has 0 unspecified atom stereocenters. The van der Waals surface area contributed by atoms with Crippen molar-refractivity contribution in [3.8, 4) is 0 Å². The second-order valence-corrected chi connectivity index (χ2v) is 3.18. The molecule has 0 atom stereocenters. The van der Waals surface area contributed by atoms with Crippen molar-refractivity contribution < 1.29 is 9.59 Å². The van der Waals surface area contributed by atoms with Crippen molar-refractivity contribution in [3.63, 3.8) is 0 Å². The maximum Gasteiger partial charge on any atom is 0.227 e. The Hall–Kier alpha value is -1.58. The molecule has 1 aromatic rings. The van der Waals surface area contributed by atoms with Gasteiger partial charge in [-0.15, -0.1) is 0 Å². The highest BCUT2D eigenvalue weighted by molar-refractivity contribution is 6.22. The standard InChI is InChI=1S/C11H12BNO2/c12-7-10(14)6-11(15)13-8-9-4-2-1-3-5-9/h1-5H,6-8H2,(H,13,15). The van der Waals surface area contributed by atoms with Crippen LogP contribution >= 0.6 is 0 Å². The van der Waals surface area contributed by atoms with Crippen LogP contribution in [-0.2, 0) is 16.1 Å². The summed E-state index contributed by atoms with van der Waals surface area (Å²) in [6, 6.07) is 9.51. The first kappa shape index (κ1) is 11.5. The van der Waals surface area contributed by atoms with Gasteiger partial charge in [-0.05, 0) is 11.9 Å². The number of carbonyl (C=O) groups excluding carboxylic acids is 2. The number of nitrogens with one attached hydrogen (secondary N) is 1. The van der Waals surface area contributed by atoms with Crippen LogP contribution in [-0.4, -0.2) is 19.5 Å². The number of amides is 1. The Morgan fingerprint density at radius 1 is 1.20 bits per heavy atom. The zero-order valence-electron chi connectivity index (χ0n) is 8.40. The lowest BCUT2D eigenvalue weighted by molar-refractivity contribution is -0.127. The van der Waals surface area contributed by atoms with Gasteiger partial charge in [0.05, 0.1) is 14.3 Å². The Balaban J connectivity index is 2.32. The normalized spacial score (nSPS) is 9.60. The molecule has 76 valence electrons. The van der Waals surface area contributed by atoms with Crippen molar-refractivity contribution >= 4 is 19.5 Å². The zero-order valence-corrected chi connectivity index (χ0v) is 8.40. The maximum absolute atomic E-state index is 11.2. The molecule has 0 bridgehead atoms. The van der Waals surface area contributed by atoms with Gasteiger partial charge < -0.3 is 5.32 Å². The van der Waals surface area contributed by atoms with E-state index in [1.54, 1.807) is 0 Å². The number of benzene rings is 1. The monoisotopic (exact) mass is 201 g/mol. The van der Waals surface area contributed by atoms with Gasteiger partial charge in [-0.1, -0.05) is 30.3 Å². The zero-order chi connectivity index (χ0) is 11.1. The van der Waals surface area contributed by atoms with Crippen LogP contribution in [0.15, 0.2) is 30.3 Å². The van der Waals surface area contributed by atoms with E-state index >= 15 is 0 Å². The Kier molecular flexibility index (Phi) is 4.61. The average Bonchev–Trinajstić information content (AvgIpc) is 2.27. The molecule has 1 rings (SSSR count). The minimum atomic E-state index is -0.283. The fraction of sp³-hybridized carbons (Fsp3) is 0.273. The predicted molar refractivity (Wildman–Crippen MR) is 58.5 cm³/mol. The molecule has 0 aliphatic rings. The fourth-order valence-electron chi connectivity index (χ4n) is 1.11. The minimum Gasteiger partial charge on any atom is -0.352 e. The van der Waals surface area contributed by atoms with Gasteiger partial charge in [0.1, 0.15) is 5.78 Å². The molecule has 15 heavy (non-hydrogen) atoms. The van der Waals surface area contributed by atoms with E-state index in [1.807, 2.05) is 30.3 Å². The van der Waals surface area contributed by atoms with Crippen LogP contribution in [0.2, 0.25) is 6.32 Å². The summed E-state index contributed by atoms with van der Waals surface area (Å²) in [5.74, 6) is -0.533. The topological polar surface area (TPSA) is 46.2 Å². The van der Waals surface area contributed by atoms with E-state index in [4.69, 9.17) is 7.85 Å². The lowest BCUT2D eigenvalue weighted by Crippen LogP contribution is -2.25. The molecular formula is C11H12BNO2. The Bertz CT molecular complexity index is 338. The highest BCUT2D eigenvalue weighted by Gasteiger charge is 2.06. The van der Waals surface area contributed by atoms with Crippen molar-refractivity contribution in [3.05, 3.63) is 35.9 Å². The van der Waals surface area contributed by atoms with E-state index in [-0.39, 0.29) is 24.4 Å². The summed E-state index contributed by atoms with van der Waals surface area (Å²) in [4.78, 5) is 22.0. The molecule has 0 aliphatic heterocycles. The van der Waals surface area contributed by atoms with Crippen molar-refractivity contribution in [2.24, 2.45) is 0 Å². The van der Waals surface area contributed by atoms with Crippen LogP contribution < -0.4 is 5.32 Å². The summed E-state index contributed by atoms with van der Waals surface area (Å²) in [6.45, 7) is 0.442. The van der Waals surface area contributed by atoms with E-state index in [0.29, 0.717) is 6.54 Å². The van der Waals surface area contributed by atoms with Crippen LogP contribution in [0.25, 0.3) is 0 Å². The SMILES string of the molecule is [B]CC(=O)CC(=O)NCc1ccccc1. The smallest absolute Gasteiger partial charge is 0.227 e. The van der Waals surface area contributed by atoms with Gasteiger partial charge in [-0.3, -0.25) is 9.59 Å². The van der Waals surface area contributed by atoms with Crippen molar-refractivity contribution in [1.29, 1.82) is 0 Å². The quantitative estimate of drug-likeness (QED) is 0.566. The number of hydrogen-bond donors (Lipinski definition) is 1. The molecule has 1 amide bonds. The number of Topliss-reactive ketones (excluding diaryl/α,β-unsaturated/α-hetero) is 1. The van der Waals surface area contributed by atoms with Crippen LogP contribution in [0.1, 0.15) is 12.0 Å². The van der Waals surface area contributed by atoms with Crippen LogP contribution in [0.3, 0.4) is 0 Å². The van der Waals surface area contributed by atoms with Gasteiger partial charge >= 0.3 is 0 Å². The molecule has 0 fully saturated rings. The fourth-order valence-corrected chi connectivity index (χ4v) is 1.11. The molecule has 3 nitrogen and oxygen atoms in total. The van der Waals surface area contributed by atoms with Gasteiger partial charge in [0, 0.05) is 6.54 Å². The third-order valence-electron chi connectivity index (χ3n) is 1.92. The highest BCUT2D eigenvalue weighted by atomic mass is 16.2. The summed E-state index contributed by atoms with van der Waals surface area (Å²) < 4.78 is 0. The van der Waals surface area contributed by atoms with Crippen molar-refractivity contribution in [1.82, 2.24) is 5.32 Å². The first-order valence-corrected chi connectivity index (χ1v) is 4.74. The van der Waals surface area contributed by atoms with Crippen LogP contribution in [0.5, 0.6) is 0 Å². The molecule has 4 heteroatoms. The molecular weight excluding hydrogens is 189 g/mol. The van der Waals surface area contributed by atoms with Crippen LogP contribution in [0, 0.1) is 0 Å². The third kappa shape index (κ3) is 4.45. The summed E-state index contributed by atoms with van der Waals surface area (Å²) in [5.41, 5.74) is 1.01. The van der Waals surface area contributed by atoms with Gasteiger partial charge in [-0.25, -0.2) is 0 Å². The molecule has 0 aliphatic carbocycles. The average molecular weight is 201 g/mol. The molecule has 1 aromatic carbocycles. The third-order valence-corrected chi connectivity index (χ3v) is 1.92. The van der Waals surface area contributed by atoms with E-state index in [1.165, 1.54) is 0 Å². The second kappa shape index (κ2) is 6.01. The largest absolute Gasteiger partial charge is 0.352 e. The highest BCUT2D eigenvalue weighted by Crippen LogP contribution is 1.97. The van der Waals surface area contributed by atoms with Gasteiger partial charge in [-0.2, -0.15) is 0 Å². The molecule has 0 aromatic heterocycles. The molecule has 0 spiro atoms. The van der Waals surface area contributed by atoms with Gasteiger partial charge in [0.25, 0.3) is 0 Å². The Morgan fingerprint density at radius 2 is 1.87 bits per heavy atom. The van der Waals surface area contributed by atoms with E-state index < -0.39 is 0 Å². The minimum absolute atomic E-state index is 0.0846. The van der Waals surface area contributed by atoms with E-state index in [0.717, 1.165) is 5.56 Å². The molecule has 1 N–H and O–H groups in total. The first-order valence-electron chi connectivity index (χ1n) is 4.74. The second-order valence-electron chi connectivity index (χ2n) is 3.18. The number of hydrogen-bond acceptors (Lipinski definition) is 2. The molecule has 0 saturated carbocycles. The van der Waals surface area contributed by atoms with Crippen molar-refractivity contribution in [2.45, 2.75) is 19.3 Å². The van der Waals surface area contributed by atoms with Gasteiger partial charge in [0.2, 0.25) is 5.91 Å². The lowest BCUT2D eigenvalue weighted by Gasteiger charge is -2.03. The van der Waals surface area contributed by atoms with Crippen molar-refractivity contribution in [2.75, 3.05) is 0 Å². The summed E-state index contributed by atoms with van der Waals surface area (Å²) in [5, 5.41) is 2.65. The predicted octanol–water partition coefficient (Wildman–Crippen LogP) is 0.849. The summed E-state index contributed by atoms with van der Waals surface area (Å²) >= 11 is 0. The van der Waals surface area contributed by atoms with E-state index in [2.05, 4.69) is 5.32 Å². The summed E-state index contributed by atoms with van der Waals surface area (Å²) in [6.07, 6.45) is -0.220. The first-order chi connectivity index (χ1) is 7.22. The van der Waals surface area contributed by atoms with Gasteiger partial charge in [0.15, 0.2) is 0 Å². The number of ketones is 1. The van der Waals surface area contributed by atoms with Crippen LogP contribution in [0.4, 0.5) is 0 Å². The molecule has 2 radical (unpaired) electrons. The number of carbonyl (C=O) groups is 2. The number of rotatable bonds is 5. The Labute approximate surface area is 90.3 Å². The molecule has 0 heterocycles. The maximum atomic E-state index is 11.2.